The highest BCUT2D eigenvalue weighted by Crippen LogP contribution is 2.33. The van der Waals surface area contributed by atoms with E-state index in [0.717, 1.165) is 28.8 Å². The van der Waals surface area contributed by atoms with Crippen molar-refractivity contribution in [3.05, 3.63) is 24.3 Å². The molecule has 2 aromatic rings. The molecule has 0 radical (unpaired) electrons. The zero-order valence-electron chi connectivity index (χ0n) is 8.22. The summed E-state index contributed by atoms with van der Waals surface area (Å²) in [6.07, 6.45) is 2.22. The third-order valence-electron chi connectivity index (χ3n) is 2.76. The van der Waals surface area contributed by atoms with Crippen LogP contribution in [0, 0.1) is 0 Å². The molecule has 0 saturated heterocycles. The van der Waals surface area contributed by atoms with E-state index in [1.165, 1.54) is 11.5 Å². The largest absolute Gasteiger partial charge is 0.479 e. The van der Waals surface area contributed by atoms with E-state index in [4.69, 9.17) is 10.5 Å². The molecule has 3 rings (SSSR count). The molecule has 3 nitrogen and oxygen atoms in total. The Hall–Kier alpha value is -1.13. The van der Waals surface area contributed by atoms with Crippen molar-refractivity contribution in [1.82, 2.24) is 4.37 Å². The average molecular weight is 220 g/mol. The molecule has 1 aromatic heterocycles. The quantitative estimate of drug-likeness (QED) is 0.843. The standard InChI is InChI=1S/C11H12N2OS/c12-7-5-8(6-7)14-11-9-3-1-2-4-10(9)13-15-11/h1-4,7-8H,5-6,12H2. The normalized spacial score (nSPS) is 25.1. The van der Waals surface area contributed by atoms with Crippen molar-refractivity contribution >= 4 is 22.4 Å². The lowest BCUT2D eigenvalue weighted by molar-refractivity contribution is 0.106. The van der Waals surface area contributed by atoms with Crippen LogP contribution in [0.5, 0.6) is 5.06 Å². The van der Waals surface area contributed by atoms with Crippen molar-refractivity contribution in [2.45, 2.75) is 25.0 Å². The van der Waals surface area contributed by atoms with Crippen LogP contribution in [-0.2, 0) is 0 Å². The molecule has 2 N–H and O–H groups in total. The number of hydrogen-bond acceptors (Lipinski definition) is 4. The smallest absolute Gasteiger partial charge is 0.201 e. The van der Waals surface area contributed by atoms with Crippen LogP contribution in [-0.4, -0.2) is 16.5 Å². The molecule has 0 atom stereocenters. The van der Waals surface area contributed by atoms with E-state index in [-0.39, 0.29) is 0 Å². The minimum Gasteiger partial charge on any atom is -0.479 e. The first kappa shape index (κ1) is 9.12. The molecule has 1 fully saturated rings. The molecule has 15 heavy (non-hydrogen) atoms. The van der Waals surface area contributed by atoms with E-state index in [2.05, 4.69) is 4.37 Å². The minimum atomic E-state index is 0.295. The van der Waals surface area contributed by atoms with Gasteiger partial charge in [0.05, 0.1) is 10.9 Å². The Morgan fingerprint density at radius 2 is 2.13 bits per heavy atom. The molecule has 0 spiro atoms. The first-order valence-electron chi connectivity index (χ1n) is 5.09. The maximum Gasteiger partial charge on any atom is 0.201 e. The molecule has 1 aliphatic carbocycles. The molecular weight excluding hydrogens is 208 g/mol. The Balaban J connectivity index is 1.85. The molecule has 78 valence electrons. The molecular formula is C11H12N2OS. The maximum atomic E-state index is 5.85. The predicted molar refractivity (Wildman–Crippen MR) is 61.2 cm³/mol. The molecule has 0 aliphatic heterocycles. The van der Waals surface area contributed by atoms with Gasteiger partial charge in [0.15, 0.2) is 0 Å². The number of rotatable bonds is 2. The fraction of sp³-hybridized carbons (Fsp3) is 0.364. The van der Waals surface area contributed by atoms with E-state index in [1.807, 2.05) is 24.3 Å². The van der Waals surface area contributed by atoms with Gasteiger partial charge in [-0.3, -0.25) is 0 Å². The topological polar surface area (TPSA) is 48.1 Å². The lowest BCUT2D eigenvalue weighted by atomic mass is 9.90. The van der Waals surface area contributed by atoms with E-state index in [0.29, 0.717) is 12.1 Å². The summed E-state index contributed by atoms with van der Waals surface area (Å²) in [5, 5.41) is 2.05. The number of nitrogens with zero attached hydrogens (tertiary/aromatic N) is 1. The summed E-state index contributed by atoms with van der Waals surface area (Å²) in [7, 11) is 0. The summed E-state index contributed by atoms with van der Waals surface area (Å²) < 4.78 is 10.2. The average Bonchev–Trinajstić information content (AvgIpc) is 2.60. The van der Waals surface area contributed by atoms with Gasteiger partial charge in [-0.1, -0.05) is 12.1 Å². The van der Waals surface area contributed by atoms with Crippen molar-refractivity contribution in [1.29, 1.82) is 0 Å². The summed E-state index contributed by atoms with van der Waals surface area (Å²) in [6.45, 7) is 0. The summed E-state index contributed by atoms with van der Waals surface area (Å²) >= 11 is 1.43. The van der Waals surface area contributed by atoms with Crippen LogP contribution in [0.1, 0.15) is 12.8 Å². The van der Waals surface area contributed by atoms with Crippen LogP contribution in [0.25, 0.3) is 10.9 Å². The minimum absolute atomic E-state index is 0.295. The lowest BCUT2D eigenvalue weighted by Gasteiger charge is -2.31. The first-order valence-corrected chi connectivity index (χ1v) is 5.87. The van der Waals surface area contributed by atoms with Crippen LogP contribution >= 0.6 is 11.5 Å². The van der Waals surface area contributed by atoms with Crippen LogP contribution < -0.4 is 10.5 Å². The Morgan fingerprint density at radius 1 is 1.33 bits per heavy atom. The summed E-state index contributed by atoms with van der Waals surface area (Å²) in [4.78, 5) is 0. The van der Waals surface area contributed by atoms with Gasteiger partial charge in [-0.05, 0) is 25.0 Å². The fourth-order valence-electron chi connectivity index (χ4n) is 1.80. The number of fused-ring (bicyclic) bond motifs is 1. The summed E-state index contributed by atoms with van der Waals surface area (Å²) in [5.41, 5.74) is 6.73. The van der Waals surface area contributed by atoms with Gasteiger partial charge in [0, 0.05) is 17.6 Å². The third-order valence-corrected chi connectivity index (χ3v) is 3.53. The number of aromatic nitrogens is 1. The van der Waals surface area contributed by atoms with E-state index >= 15 is 0 Å². The van der Waals surface area contributed by atoms with Gasteiger partial charge < -0.3 is 10.5 Å². The Morgan fingerprint density at radius 3 is 2.93 bits per heavy atom. The number of ether oxygens (including phenoxy) is 1. The second kappa shape index (κ2) is 3.47. The molecule has 1 aliphatic rings. The van der Waals surface area contributed by atoms with Crippen molar-refractivity contribution in [3.63, 3.8) is 0 Å². The van der Waals surface area contributed by atoms with Gasteiger partial charge in [0.25, 0.3) is 0 Å². The van der Waals surface area contributed by atoms with Gasteiger partial charge in [-0.2, -0.15) is 4.37 Å². The van der Waals surface area contributed by atoms with Crippen molar-refractivity contribution in [3.8, 4) is 5.06 Å². The maximum absolute atomic E-state index is 5.85. The molecule has 0 amide bonds. The Labute approximate surface area is 92.0 Å². The van der Waals surface area contributed by atoms with E-state index < -0.39 is 0 Å². The van der Waals surface area contributed by atoms with Gasteiger partial charge in [0.1, 0.15) is 6.10 Å². The van der Waals surface area contributed by atoms with Gasteiger partial charge >= 0.3 is 0 Å². The highest BCUT2D eigenvalue weighted by atomic mass is 32.1. The van der Waals surface area contributed by atoms with Gasteiger partial charge in [-0.25, -0.2) is 0 Å². The van der Waals surface area contributed by atoms with Crippen LogP contribution in [0.3, 0.4) is 0 Å². The Bertz CT molecular complexity index is 476. The number of benzene rings is 1. The summed E-state index contributed by atoms with van der Waals surface area (Å²) in [5.74, 6) is 0. The molecule has 1 saturated carbocycles. The molecule has 0 unspecified atom stereocenters. The third kappa shape index (κ3) is 1.60. The van der Waals surface area contributed by atoms with Crippen molar-refractivity contribution < 1.29 is 4.74 Å². The second-order valence-corrected chi connectivity index (χ2v) is 4.69. The molecule has 0 bridgehead atoms. The lowest BCUT2D eigenvalue weighted by Crippen LogP contribution is -2.43. The van der Waals surface area contributed by atoms with Crippen molar-refractivity contribution in [2.24, 2.45) is 5.73 Å². The van der Waals surface area contributed by atoms with Crippen molar-refractivity contribution in [2.75, 3.05) is 0 Å². The summed E-state index contributed by atoms with van der Waals surface area (Å²) in [6, 6.07) is 8.38. The van der Waals surface area contributed by atoms with Gasteiger partial charge in [0.2, 0.25) is 5.06 Å². The molecule has 1 heterocycles. The van der Waals surface area contributed by atoms with Crippen LogP contribution in [0.15, 0.2) is 24.3 Å². The van der Waals surface area contributed by atoms with Crippen LogP contribution in [0.4, 0.5) is 0 Å². The van der Waals surface area contributed by atoms with E-state index in [1.54, 1.807) is 0 Å². The highest BCUT2D eigenvalue weighted by Gasteiger charge is 2.28. The van der Waals surface area contributed by atoms with Crippen LogP contribution in [0.2, 0.25) is 0 Å². The fourth-order valence-corrected chi connectivity index (χ4v) is 2.60. The number of hydrogen-bond donors (Lipinski definition) is 1. The zero-order valence-corrected chi connectivity index (χ0v) is 9.04. The Kier molecular flexibility index (Phi) is 2.11. The van der Waals surface area contributed by atoms with E-state index in [9.17, 15) is 0 Å². The zero-order chi connectivity index (χ0) is 10.3. The van der Waals surface area contributed by atoms with Gasteiger partial charge in [-0.15, -0.1) is 0 Å². The molecule has 4 heteroatoms. The SMILES string of the molecule is NC1CC(Oc2snc3ccccc23)C1. The second-order valence-electron chi connectivity index (χ2n) is 3.96. The molecule has 1 aromatic carbocycles. The number of nitrogens with two attached hydrogens (primary N) is 1. The highest BCUT2D eigenvalue weighted by molar-refractivity contribution is 7.09. The monoisotopic (exact) mass is 220 g/mol. The predicted octanol–water partition coefficient (Wildman–Crippen LogP) is 2.16. The first-order chi connectivity index (χ1) is 7.33.